The van der Waals surface area contributed by atoms with Crippen LogP contribution >= 0.6 is 0 Å². The molecule has 116 valence electrons. The van der Waals surface area contributed by atoms with Gasteiger partial charge in [-0.05, 0) is 37.1 Å². The van der Waals surface area contributed by atoms with E-state index < -0.39 is 0 Å². The van der Waals surface area contributed by atoms with E-state index in [0.717, 1.165) is 5.56 Å². The van der Waals surface area contributed by atoms with Crippen LogP contribution in [0.3, 0.4) is 0 Å². The van der Waals surface area contributed by atoms with Gasteiger partial charge in [-0.15, -0.1) is 0 Å². The van der Waals surface area contributed by atoms with E-state index in [1.165, 1.54) is 12.3 Å². The third-order valence-corrected chi connectivity index (χ3v) is 3.88. The molecule has 2 aromatic rings. The van der Waals surface area contributed by atoms with Gasteiger partial charge in [0.25, 0.3) is 5.91 Å². The van der Waals surface area contributed by atoms with Crippen molar-refractivity contribution >= 4 is 5.91 Å². The molecule has 0 bridgehead atoms. The molecule has 0 unspecified atom stereocenters. The molecule has 0 spiro atoms. The standard InChI is InChI=1S/C17H18FNO3/c1-11-7-13(3-4-15(11)18)16-9-19(5-6-21-16)17(20)14-8-12(2)22-10-14/h3-4,7-8,10,16H,5-6,9H2,1-2H3/t16-/m0/s1. The summed E-state index contributed by atoms with van der Waals surface area (Å²) in [5.74, 6) is 0.410. The Hall–Kier alpha value is -2.14. The summed E-state index contributed by atoms with van der Waals surface area (Å²) in [6.45, 7) is 4.98. The molecule has 0 aliphatic carbocycles. The maximum Gasteiger partial charge on any atom is 0.257 e. The van der Waals surface area contributed by atoms with Crippen molar-refractivity contribution < 1.29 is 18.3 Å². The molecule has 1 amide bonds. The maximum absolute atomic E-state index is 13.4. The summed E-state index contributed by atoms with van der Waals surface area (Å²) in [6, 6.07) is 6.65. The number of benzene rings is 1. The number of carbonyl (C=O) groups is 1. The second-order valence-electron chi connectivity index (χ2n) is 5.57. The van der Waals surface area contributed by atoms with E-state index in [1.54, 1.807) is 36.9 Å². The monoisotopic (exact) mass is 303 g/mol. The third-order valence-electron chi connectivity index (χ3n) is 3.88. The topological polar surface area (TPSA) is 42.7 Å². The van der Waals surface area contributed by atoms with Gasteiger partial charge in [-0.2, -0.15) is 0 Å². The molecule has 1 saturated heterocycles. The van der Waals surface area contributed by atoms with Gasteiger partial charge >= 0.3 is 0 Å². The number of furan rings is 1. The number of morpholine rings is 1. The molecule has 1 aromatic carbocycles. The summed E-state index contributed by atoms with van der Waals surface area (Å²) in [4.78, 5) is 14.2. The van der Waals surface area contributed by atoms with E-state index in [0.29, 0.717) is 36.6 Å². The Morgan fingerprint density at radius 2 is 2.14 bits per heavy atom. The lowest BCUT2D eigenvalue weighted by molar-refractivity contribution is -0.0228. The van der Waals surface area contributed by atoms with Gasteiger partial charge in [0.2, 0.25) is 0 Å². The zero-order valence-corrected chi connectivity index (χ0v) is 12.6. The molecule has 0 radical (unpaired) electrons. The van der Waals surface area contributed by atoms with Gasteiger partial charge in [0, 0.05) is 6.54 Å². The van der Waals surface area contributed by atoms with Crippen molar-refractivity contribution in [1.29, 1.82) is 0 Å². The Balaban J connectivity index is 1.76. The molecule has 1 aromatic heterocycles. The fourth-order valence-corrected chi connectivity index (χ4v) is 2.64. The second kappa shape index (κ2) is 5.93. The minimum absolute atomic E-state index is 0.0658. The van der Waals surface area contributed by atoms with Gasteiger partial charge in [-0.1, -0.05) is 12.1 Å². The molecular weight excluding hydrogens is 285 g/mol. The molecule has 1 fully saturated rings. The first-order valence-electron chi connectivity index (χ1n) is 7.26. The molecule has 1 atom stereocenters. The number of ether oxygens (including phenoxy) is 1. The molecule has 0 N–H and O–H groups in total. The van der Waals surface area contributed by atoms with Gasteiger partial charge in [0.05, 0.1) is 18.7 Å². The number of nitrogens with zero attached hydrogens (tertiary/aromatic N) is 1. The van der Waals surface area contributed by atoms with Crippen LogP contribution in [0.15, 0.2) is 34.9 Å². The molecule has 2 heterocycles. The number of amides is 1. The lowest BCUT2D eigenvalue weighted by Crippen LogP contribution is -2.42. The van der Waals surface area contributed by atoms with E-state index in [9.17, 15) is 9.18 Å². The average Bonchev–Trinajstić information content (AvgIpc) is 2.96. The zero-order valence-electron chi connectivity index (χ0n) is 12.6. The quantitative estimate of drug-likeness (QED) is 0.855. The number of carbonyl (C=O) groups excluding carboxylic acids is 1. The minimum atomic E-state index is -0.235. The van der Waals surface area contributed by atoms with Crippen LogP contribution < -0.4 is 0 Å². The largest absolute Gasteiger partial charge is 0.469 e. The Morgan fingerprint density at radius 1 is 1.32 bits per heavy atom. The predicted molar refractivity (Wildman–Crippen MR) is 79.2 cm³/mol. The van der Waals surface area contributed by atoms with E-state index in [1.807, 2.05) is 0 Å². The highest BCUT2D eigenvalue weighted by Crippen LogP contribution is 2.25. The van der Waals surface area contributed by atoms with Gasteiger partial charge in [0.1, 0.15) is 23.9 Å². The first-order chi connectivity index (χ1) is 10.5. The summed E-state index contributed by atoms with van der Waals surface area (Å²) in [5.41, 5.74) is 2.02. The number of aryl methyl sites for hydroxylation is 2. The SMILES string of the molecule is Cc1cc(C(=O)N2CCO[C@H](c3ccc(F)c(C)c3)C2)co1. The Kier molecular flexibility index (Phi) is 3.98. The number of hydrogen-bond acceptors (Lipinski definition) is 3. The summed E-state index contributed by atoms with van der Waals surface area (Å²) >= 11 is 0. The summed E-state index contributed by atoms with van der Waals surface area (Å²) in [5, 5.41) is 0. The summed E-state index contributed by atoms with van der Waals surface area (Å²) < 4.78 is 24.3. The zero-order chi connectivity index (χ0) is 15.7. The van der Waals surface area contributed by atoms with Crippen LogP contribution in [0.5, 0.6) is 0 Å². The molecule has 1 aliphatic rings. The predicted octanol–water partition coefficient (Wildman–Crippen LogP) is 3.25. The van der Waals surface area contributed by atoms with E-state index in [2.05, 4.69) is 0 Å². The van der Waals surface area contributed by atoms with Crippen molar-refractivity contribution in [2.45, 2.75) is 20.0 Å². The average molecular weight is 303 g/mol. The molecule has 0 saturated carbocycles. The van der Waals surface area contributed by atoms with Gasteiger partial charge in [-0.25, -0.2) is 4.39 Å². The van der Waals surface area contributed by atoms with Gasteiger partial charge in [0.15, 0.2) is 0 Å². The molecule has 1 aliphatic heterocycles. The van der Waals surface area contributed by atoms with E-state index in [4.69, 9.17) is 9.15 Å². The van der Waals surface area contributed by atoms with Crippen LogP contribution in [0, 0.1) is 19.7 Å². The Morgan fingerprint density at radius 3 is 2.82 bits per heavy atom. The molecule has 22 heavy (non-hydrogen) atoms. The van der Waals surface area contributed by atoms with Gasteiger partial charge < -0.3 is 14.1 Å². The van der Waals surface area contributed by atoms with Crippen LogP contribution in [0.4, 0.5) is 4.39 Å². The number of rotatable bonds is 2. The maximum atomic E-state index is 13.4. The smallest absolute Gasteiger partial charge is 0.257 e. The molecule has 3 rings (SSSR count). The number of hydrogen-bond donors (Lipinski definition) is 0. The lowest BCUT2D eigenvalue weighted by atomic mass is 10.0. The fraction of sp³-hybridized carbons (Fsp3) is 0.353. The van der Waals surface area contributed by atoms with E-state index >= 15 is 0 Å². The van der Waals surface area contributed by atoms with Crippen molar-refractivity contribution in [2.24, 2.45) is 0 Å². The first-order valence-corrected chi connectivity index (χ1v) is 7.26. The van der Waals surface area contributed by atoms with Crippen molar-refractivity contribution in [3.63, 3.8) is 0 Å². The highest BCUT2D eigenvalue weighted by Gasteiger charge is 2.27. The lowest BCUT2D eigenvalue weighted by Gasteiger charge is -2.33. The van der Waals surface area contributed by atoms with Crippen LogP contribution in [-0.4, -0.2) is 30.5 Å². The molecule has 5 heteroatoms. The van der Waals surface area contributed by atoms with Crippen molar-refractivity contribution in [1.82, 2.24) is 4.90 Å². The van der Waals surface area contributed by atoms with Crippen molar-refractivity contribution in [3.8, 4) is 0 Å². The summed E-state index contributed by atoms with van der Waals surface area (Å²) in [6.07, 6.45) is 1.24. The normalized spacial score (nSPS) is 18.5. The number of halogens is 1. The Bertz CT molecular complexity index is 695. The fourth-order valence-electron chi connectivity index (χ4n) is 2.64. The van der Waals surface area contributed by atoms with E-state index in [-0.39, 0.29) is 17.8 Å². The van der Waals surface area contributed by atoms with Crippen LogP contribution in [-0.2, 0) is 4.74 Å². The van der Waals surface area contributed by atoms with Crippen molar-refractivity contribution in [3.05, 3.63) is 58.8 Å². The van der Waals surface area contributed by atoms with Crippen LogP contribution in [0.25, 0.3) is 0 Å². The molecular formula is C17H18FNO3. The third kappa shape index (κ3) is 2.90. The van der Waals surface area contributed by atoms with Gasteiger partial charge in [-0.3, -0.25) is 4.79 Å². The van der Waals surface area contributed by atoms with Crippen LogP contribution in [0.1, 0.15) is 33.3 Å². The summed E-state index contributed by atoms with van der Waals surface area (Å²) in [7, 11) is 0. The highest BCUT2D eigenvalue weighted by atomic mass is 19.1. The van der Waals surface area contributed by atoms with Crippen LogP contribution in [0.2, 0.25) is 0 Å². The second-order valence-corrected chi connectivity index (χ2v) is 5.57. The highest BCUT2D eigenvalue weighted by molar-refractivity contribution is 5.94. The Labute approximate surface area is 128 Å². The van der Waals surface area contributed by atoms with Crippen molar-refractivity contribution in [2.75, 3.05) is 19.7 Å². The molecule has 4 nitrogen and oxygen atoms in total. The minimum Gasteiger partial charge on any atom is -0.469 e. The first kappa shape index (κ1) is 14.8.